The van der Waals surface area contributed by atoms with Crippen LogP contribution in [0.3, 0.4) is 0 Å². The predicted octanol–water partition coefficient (Wildman–Crippen LogP) is -0.161. The summed E-state index contributed by atoms with van der Waals surface area (Å²) in [6.45, 7) is 0.450. The molecule has 3 amide bonds. The van der Waals surface area contributed by atoms with Gasteiger partial charge >= 0.3 is 11.8 Å². The van der Waals surface area contributed by atoms with Gasteiger partial charge in [-0.05, 0) is 12.1 Å². The van der Waals surface area contributed by atoms with Crippen molar-refractivity contribution in [3.05, 3.63) is 35.5 Å². The molecule has 3 N–H and O–H groups in total. The van der Waals surface area contributed by atoms with Crippen molar-refractivity contribution in [2.24, 2.45) is 0 Å². The number of fused-ring (bicyclic) bond motifs is 1. The Morgan fingerprint density at radius 3 is 2.41 bits per heavy atom. The van der Waals surface area contributed by atoms with Crippen molar-refractivity contribution in [2.75, 3.05) is 39.3 Å². The number of rotatable bonds is 3. The van der Waals surface area contributed by atoms with Gasteiger partial charge in [-0.25, -0.2) is 8.78 Å². The largest absolute Gasteiger partial charge is 0.395 e. The Labute approximate surface area is 152 Å². The first-order chi connectivity index (χ1) is 12.9. The number of nitrogens with zero attached hydrogens (tertiary/aromatic N) is 2. The number of aliphatic hydroxyl groups excluding tert-OH is 1. The number of piperazine rings is 1. The molecule has 0 atom stereocenters. The topological polar surface area (TPSA) is 106 Å². The lowest BCUT2D eigenvalue weighted by Gasteiger charge is -2.34. The van der Waals surface area contributed by atoms with E-state index in [4.69, 9.17) is 5.11 Å². The van der Waals surface area contributed by atoms with Gasteiger partial charge in [0.05, 0.1) is 12.1 Å². The fourth-order valence-corrected chi connectivity index (χ4v) is 2.95. The maximum atomic E-state index is 13.8. The van der Waals surface area contributed by atoms with Crippen molar-refractivity contribution < 1.29 is 28.3 Å². The maximum absolute atomic E-state index is 13.8. The molecule has 1 saturated heterocycles. The number of carbonyl (C=O) groups is 3. The lowest BCUT2D eigenvalue weighted by Crippen LogP contribution is -2.54. The highest BCUT2D eigenvalue weighted by Gasteiger charge is 2.28. The summed E-state index contributed by atoms with van der Waals surface area (Å²) in [6, 6.07) is 3.18. The van der Waals surface area contributed by atoms with Gasteiger partial charge < -0.3 is 25.2 Å². The highest BCUT2D eigenvalue weighted by molar-refractivity contribution is 6.35. The lowest BCUT2D eigenvalue weighted by molar-refractivity contribution is -0.146. The number of amides is 3. The van der Waals surface area contributed by atoms with Crippen molar-refractivity contribution in [3.8, 4) is 0 Å². The van der Waals surface area contributed by atoms with Crippen LogP contribution >= 0.6 is 0 Å². The van der Waals surface area contributed by atoms with Crippen molar-refractivity contribution in [1.82, 2.24) is 20.1 Å². The van der Waals surface area contributed by atoms with Crippen LogP contribution in [0.1, 0.15) is 10.5 Å². The zero-order valence-electron chi connectivity index (χ0n) is 14.3. The Morgan fingerprint density at radius 1 is 1.07 bits per heavy atom. The summed E-state index contributed by atoms with van der Waals surface area (Å²) in [5.74, 6) is -3.43. The van der Waals surface area contributed by atoms with E-state index in [1.807, 2.05) is 0 Å². The molecule has 2 heterocycles. The Bertz CT molecular complexity index is 890. The molecule has 0 unspecified atom stereocenters. The van der Waals surface area contributed by atoms with Gasteiger partial charge in [0.2, 0.25) is 0 Å². The average molecular weight is 380 g/mol. The minimum absolute atomic E-state index is 0.0133. The first-order valence-electron chi connectivity index (χ1n) is 8.35. The van der Waals surface area contributed by atoms with Crippen molar-refractivity contribution in [3.63, 3.8) is 0 Å². The molecule has 3 rings (SSSR count). The molecular weight excluding hydrogens is 362 g/mol. The normalized spacial score (nSPS) is 14.5. The summed E-state index contributed by atoms with van der Waals surface area (Å²) in [6.07, 6.45) is 0. The van der Waals surface area contributed by atoms with Gasteiger partial charge in [-0.1, -0.05) is 0 Å². The number of halogens is 2. The minimum atomic E-state index is -0.808. The summed E-state index contributed by atoms with van der Waals surface area (Å²) in [5.41, 5.74) is 0.306. The standard InChI is InChI=1S/C17H18F2N4O4/c18-10-7-12(19)11-9-14(21-13(11)8-10)16(26)22-2-4-23(5-3-22)17(27)15(25)20-1-6-24/h7-9,21,24H,1-6H2,(H,20,25). The van der Waals surface area contributed by atoms with Gasteiger partial charge in [-0.3, -0.25) is 14.4 Å². The van der Waals surface area contributed by atoms with Crippen LogP contribution < -0.4 is 5.32 Å². The van der Waals surface area contributed by atoms with Crippen LogP contribution in [0.25, 0.3) is 10.9 Å². The second kappa shape index (κ2) is 7.70. The van der Waals surface area contributed by atoms with Crippen molar-refractivity contribution in [1.29, 1.82) is 0 Å². The first kappa shape index (κ1) is 18.8. The number of carbonyl (C=O) groups excluding carboxylic acids is 3. The number of H-pyrrole nitrogens is 1. The van der Waals surface area contributed by atoms with Crippen LogP contribution in [0.2, 0.25) is 0 Å². The van der Waals surface area contributed by atoms with Crippen LogP contribution in [0, 0.1) is 11.6 Å². The van der Waals surface area contributed by atoms with Crippen LogP contribution in [0.5, 0.6) is 0 Å². The molecule has 0 aliphatic carbocycles. The molecule has 1 aliphatic heterocycles. The summed E-state index contributed by atoms with van der Waals surface area (Å²) in [7, 11) is 0. The fourth-order valence-electron chi connectivity index (χ4n) is 2.95. The average Bonchev–Trinajstić information content (AvgIpc) is 3.09. The smallest absolute Gasteiger partial charge is 0.312 e. The van der Waals surface area contributed by atoms with Gasteiger partial charge in [0.25, 0.3) is 5.91 Å². The third-order valence-electron chi connectivity index (χ3n) is 4.33. The van der Waals surface area contributed by atoms with Crippen LogP contribution in [0.15, 0.2) is 18.2 Å². The van der Waals surface area contributed by atoms with Gasteiger partial charge in [0.15, 0.2) is 0 Å². The monoisotopic (exact) mass is 380 g/mol. The summed E-state index contributed by atoms with van der Waals surface area (Å²) < 4.78 is 27.1. The molecule has 2 aromatic rings. The van der Waals surface area contributed by atoms with E-state index in [0.29, 0.717) is 0 Å². The first-order valence-corrected chi connectivity index (χ1v) is 8.35. The Balaban J connectivity index is 1.64. The third kappa shape index (κ3) is 3.90. The van der Waals surface area contributed by atoms with Crippen molar-refractivity contribution in [2.45, 2.75) is 0 Å². The van der Waals surface area contributed by atoms with E-state index in [-0.39, 0.29) is 55.9 Å². The van der Waals surface area contributed by atoms with E-state index in [2.05, 4.69) is 10.3 Å². The molecule has 0 radical (unpaired) electrons. The highest BCUT2D eigenvalue weighted by atomic mass is 19.1. The molecule has 0 saturated carbocycles. The summed E-state index contributed by atoms with van der Waals surface area (Å²) in [5, 5.41) is 11.1. The molecule has 1 aromatic carbocycles. The number of hydrogen-bond acceptors (Lipinski definition) is 4. The Morgan fingerprint density at radius 2 is 1.74 bits per heavy atom. The maximum Gasteiger partial charge on any atom is 0.312 e. The van der Waals surface area contributed by atoms with E-state index in [1.54, 1.807) is 0 Å². The zero-order valence-corrected chi connectivity index (χ0v) is 14.3. The molecule has 1 aliphatic rings. The molecule has 144 valence electrons. The number of benzene rings is 1. The van der Waals surface area contributed by atoms with Gasteiger partial charge in [0.1, 0.15) is 17.3 Å². The summed E-state index contributed by atoms with van der Waals surface area (Å²) in [4.78, 5) is 41.7. The number of aromatic nitrogens is 1. The minimum Gasteiger partial charge on any atom is -0.395 e. The van der Waals surface area contributed by atoms with E-state index in [0.717, 1.165) is 12.1 Å². The van der Waals surface area contributed by atoms with Crippen LogP contribution in [-0.4, -0.2) is 76.9 Å². The zero-order chi connectivity index (χ0) is 19.6. The second-order valence-electron chi connectivity index (χ2n) is 6.10. The molecule has 0 spiro atoms. The SMILES string of the molecule is O=C(NCCO)C(=O)N1CCN(C(=O)c2cc3c(F)cc(F)cc3[nH]2)CC1. The van der Waals surface area contributed by atoms with E-state index in [1.165, 1.54) is 15.9 Å². The van der Waals surface area contributed by atoms with Gasteiger partial charge in [-0.15, -0.1) is 0 Å². The highest BCUT2D eigenvalue weighted by Crippen LogP contribution is 2.21. The quantitative estimate of drug-likeness (QED) is 0.644. The van der Waals surface area contributed by atoms with E-state index < -0.39 is 29.4 Å². The van der Waals surface area contributed by atoms with E-state index >= 15 is 0 Å². The molecule has 8 nitrogen and oxygen atoms in total. The summed E-state index contributed by atoms with van der Waals surface area (Å²) >= 11 is 0. The predicted molar refractivity (Wildman–Crippen MR) is 90.8 cm³/mol. The number of nitrogens with one attached hydrogen (secondary N) is 2. The van der Waals surface area contributed by atoms with Gasteiger partial charge in [0, 0.05) is 44.2 Å². The molecule has 10 heteroatoms. The Kier molecular flexibility index (Phi) is 5.36. The molecule has 1 fully saturated rings. The second-order valence-corrected chi connectivity index (χ2v) is 6.10. The fraction of sp³-hybridized carbons (Fsp3) is 0.353. The number of hydrogen-bond donors (Lipinski definition) is 3. The van der Waals surface area contributed by atoms with Crippen LogP contribution in [-0.2, 0) is 9.59 Å². The number of aliphatic hydroxyl groups is 1. The lowest BCUT2D eigenvalue weighted by atomic mass is 10.2. The van der Waals surface area contributed by atoms with Gasteiger partial charge in [-0.2, -0.15) is 0 Å². The van der Waals surface area contributed by atoms with Crippen molar-refractivity contribution >= 4 is 28.6 Å². The molecular formula is C17H18F2N4O4. The number of aromatic amines is 1. The third-order valence-corrected chi connectivity index (χ3v) is 4.33. The van der Waals surface area contributed by atoms with Crippen LogP contribution in [0.4, 0.5) is 8.78 Å². The molecule has 1 aromatic heterocycles. The molecule has 27 heavy (non-hydrogen) atoms. The Hall–Kier alpha value is -3.01. The molecule has 0 bridgehead atoms. The van der Waals surface area contributed by atoms with E-state index in [9.17, 15) is 23.2 Å².